The molecule has 0 aliphatic rings. The first-order valence-electron chi connectivity index (χ1n) is 3.88. The molecule has 0 unspecified atom stereocenters. The van der Waals surface area contributed by atoms with E-state index in [2.05, 4.69) is 26.0 Å². The van der Waals surface area contributed by atoms with Gasteiger partial charge in [-0.25, -0.2) is 0 Å². The fourth-order valence-corrected chi connectivity index (χ4v) is 1.69. The summed E-state index contributed by atoms with van der Waals surface area (Å²) in [7, 11) is 0. The SMILES string of the molecule is Cc1cc(C)c(C(Cl)Cl)cc1C. The Bertz CT molecular complexity index is 290. The van der Waals surface area contributed by atoms with Crippen molar-refractivity contribution < 1.29 is 0 Å². The van der Waals surface area contributed by atoms with Crippen LogP contribution in [-0.2, 0) is 0 Å². The van der Waals surface area contributed by atoms with E-state index in [1.54, 1.807) is 0 Å². The van der Waals surface area contributed by atoms with Crippen molar-refractivity contribution in [2.45, 2.75) is 25.6 Å². The highest BCUT2D eigenvalue weighted by atomic mass is 35.5. The summed E-state index contributed by atoms with van der Waals surface area (Å²) in [6.45, 7) is 6.18. The molecule has 0 saturated heterocycles. The third-order valence-corrected chi connectivity index (χ3v) is 2.59. The zero-order chi connectivity index (χ0) is 9.30. The fourth-order valence-electron chi connectivity index (χ4n) is 1.22. The summed E-state index contributed by atoms with van der Waals surface area (Å²) in [5.41, 5.74) is 4.70. The van der Waals surface area contributed by atoms with Crippen LogP contribution in [-0.4, -0.2) is 0 Å². The van der Waals surface area contributed by atoms with Gasteiger partial charge in [0.05, 0.1) is 0 Å². The highest BCUT2D eigenvalue weighted by molar-refractivity contribution is 6.44. The Balaban J connectivity index is 3.23. The van der Waals surface area contributed by atoms with Crippen LogP contribution in [0.1, 0.15) is 27.1 Å². The molecule has 0 atom stereocenters. The molecule has 1 rings (SSSR count). The van der Waals surface area contributed by atoms with Crippen LogP contribution in [0.5, 0.6) is 0 Å². The van der Waals surface area contributed by atoms with Crippen LogP contribution >= 0.6 is 23.2 Å². The molecule has 0 radical (unpaired) electrons. The average Bonchev–Trinajstić information content (AvgIpc) is 1.96. The number of benzene rings is 1. The van der Waals surface area contributed by atoms with Crippen molar-refractivity contribution in [2.24, 2.45) is 0 Å². The maximum atomic E-state index is 5.80. The maximum absolute atomic E-state index is 5.80. The second-order valence-electron chi connectivity index (χ2n) is 3.09. The van der Waals surface area contributed by atoms with E-state index in [1.165, 1.54) is 11.1 Å². The first kappa shape index (κ1) is 9.88. The summed E-state index contributed by atoms with van der Waals surface area (Å²) < 4.78 is 0. The monoisotopic (exact) mass is 202 g/mol. The van der Waals surface area contributed by atoms with Crippen LogP contribution in [0.25, 0.3) is 0 Å². The summed E-state index contributed by atoms with van der Waals surface area (Å²) in [6, 6.07) is 4.16. The molecule has 1 aromatic carbocycles. The Kier molecular flexibility index (Phi) is 3.03. The Labute approximate surface area is 83.5 Å². The third-order valence-electron chi connectivity index (χ3n) is 2.12. The molecule has 0 fully saturated rings. The van der Waals surface area contributed by atoms with E-state index in [4.69, 9.17) is 23.2 Å². The van der Waals surface area contributed by atoms with E-state index in [1.807, 2.05) is 6.92 Å². The molecular weight excluding hydrogens is 191 g/mol. The van der Waals surface area contributed by atoms with E-state index in [-0.39, 0.29) is 0 Å². The van der Waals surface area contributed by atoms with E-state index >= 15 is 0 Å². The van der Waals surface area contributed by atoms with Crippen molar-refractivity contribution in [1.29, 1.82) is 0 Å². The quantitative estimate of drug-likeness (QED) is 0.603. The third kappa shape index (κ3) is 1.94. The van der Waals surface area contributed by atoms with Crippen molar-refractivity contribution in [1.82, 2.24) is 0 Å². The molecule has 12 heavy (non-hydrogen) atoms. The van der Waals surface area contributed by atoms with Gasteiger partial charge in [-0.15, -0.1) is 23.2 Å². The number of hydrogen-bond acceptors (Lipinski definition) is 0. The number of hydrogen-bond donors (Lipinski definition) is 0. The number of rotatable bonds is 1. The molecular formula is C10H12Cl2. The highest BCUT2D eigenvalue weighted by Gasteiger charge is 2.07. The largest absolute Gasteiger partial charge is 0.133 e. The van der Waals surface area contributed by atoms with Crippen LogP contribution in [0, 0.1) is 20.8 Å². The van der Waals surface area contributed by atoms with E-state index in [0.29, 0.717) is 0 Å². The average molecular weight is 203 g/mol. The molecule has 2 heteroatoms. The van der Waals surface area contributed by atoms with Crippen LogP contribution in [0.3, 0.4) is 0 Å². The second-order valence-corrected chi connectivity index (χ2v) is 4.19. The van der Waals surface area contributed by atoms with Gasteiger partial charge in [-0.2, -0.15) is 0 Å². The summed E-state index contributed by atoms with van der Waals surface area (Å²) in [6.07, 6.45) is 0. The first-order valence-corrected chi connectivity index (χ1v) is 4.75. The predicted octanol–water partition coefficient (Wildman–Crippen LogP) is 4.09. The Hall–Kier alpha value is -0.200. The summed E-state index contributed by atoms with van der Waals surface area (Å²) in [4.78, 5) is -0.413. The molecule has 0 spiro atoms. The smallest absolute Gasteiger partial charge is 0.100 e. The van der Waals surface area contributed by atoms with E-state index < -0.39 is 4.84 Å². The molecule has 0 saturated carbocycles. The van der Waals surface area contributed by atoms with E-state index in [9.17, 15) is 0 Å². The summed E-state index contributed by atoms with van der Waals surface area (Å²) in [5, 5.41) is 0. The van der Waals surface area contributed by atoms with Gasteiger partial charge in [0, 0.05) is 0 Å². The zero-order valence-corrected chi connectivity index (χ0v) is 9.00. The highest BCUT2D eigenvalue weighted by Crippen LogP contribution is 2.29. The van der Waals surface area contributed by atoms with Gasteiger partial charge in [0.25, 0.3) is 0 Å². The molecule has 0 aliphatic carbocycles. The Morgan fingerprint density at radius 2 is 1.42 bits per heavy atom. The molecule has 0 amide bonds. The van der Waals surface area contributed by atoms with Crippen LogP contribution in [0.15, 0.2) is 12.1 Å². The van der Waals surface area contributed by atoms with Gasteiger partial charge in [-0.05, 0) is 43.0 Å². The minimum absolute atomic E-state index is 0.413. The second kappa shape index (κ2) is 3.68. The fraction of sp³-hybridized carbons (Fsp3) is 0.400. The van der Waals surface area contributed by atoms with Crippen molar-refractivity contribution in [3.8, 4) is 0 Å². The lowest BCUT2D eigenvalue weighted by molar-refractivity contribution is 1.20. The lowest BCUT2D eigenvalue weighted by Crippen LogP contribution is -1.91. The van der Waals surface area contributed by atoms with Crippen molar-refractivity contribution in [2.75, 3.05) is 0 Å². The minimum atomic E-state index is -0.413. The molecule has 0 aliphatic heterocycles. The van der Waals surface area contributed by atoms with Crippen LogP contribution in [0.4, 0.5) is 0 Å². The van der Waals surface area contributed by atoms with Crippen molar-refractivity contribution in [3.63, 3.8) is 0 Å². The minimum Gasteiger partial charge on any atom is -0.100 e. The van der Waals surface area contributed by atoms with Gasteiger partial charge >= 0.3 is 0 Å². The van der Waals surface area contributed by atoms with Gasteiger partial charge in [0.2, 0.25) is 0 Å². The number of aryl methyl sites for hydroxylation is 3. The normalized spacial score (nSPS) is 10.8. The van der Waals surface area contributed by atoms with Crippen molar-refractivity contribution >= 4 is 23.2 Å². The molecule has 0 heterocycles. The Morgan fingerprint density at radius 3 is 1.92 bits per heavy atom. The van der Waals surface area contributed by atoms with Crippen LogP contribution in [0.2, 0.25) is 0 Å². The lowest BCUT2D eigenvalue weighted by atomic mass is 10.0. The molecule has 0 aromatic heterocycles. The zero-order valence-electron chi connectivity index (χ0n) is 7.49. The predicted molar refractivity (Wildman–Crippen MR) is 55.1 cm³/mol. The molecule has 0 N–H and O–H groups in total. The van der Waals surface area contributed by atoms with Gasteiger partial charge in [-0.3, -0.25) is 0 Å². The van der Waals surface area contributed by atoms with Gasteiger partial charge < -0.3 is 0 Å². The molecule has 0 bridgehead atoms. The standard InChI is InChI=1S/C10H12Cl2/c1-6-4-8(3)9(10(11)12)5-7(6)2/h4-5,10H,1-3H3. The Morgan fingerprint density at radius 1 is 0.917 bits per heavy atom. The van der Waals surface area contributed by atoms with Gasteiger partial charge in [0.15, 0.2) is 0 Å². The van der Waals surface area contributed by atoms with Crippen molar-refractivity contribution in [3.05, 3.63) is 34.4 Å². The molecule has 0 nitrogen and oxygen atoms in total. The van der Waals surface area contributed by atoms with E-state index in [0.717, 1.165) is 11.1 Å². The first-order chi connectivity index (χ1) is 5.52. The molecule has 1 aromatic rings. The number of alkyl halides is 2. The lowest BCUT2D eigenvalue weighted by Gasteiger charge is -2.09. The summed E-state index contributed by atoms with van der Waals surface area (Å²) >= 11 is 11.6. The topological polar surface area (TPSA) is 0 Å². The van der Waals surface area contributed by atoms with Crippen LogP contribution < -0.4 is 0 Å². The summed E-state index contributed by atoms with van der Waals surface area (Å²) in [5.74, 6) is 0. The number of halogens is 2. The molecule has 66 valence electrons. The van der Waals surface area contributed by atoms with Gasteiger partial charge in [-0.1, -0.05) is 12.1 Å². The van der Waals surface area contributed by atoms with Gasteiger partial charge in [0.1, 0.15) is 4.84 Å². The maximum Gasteiger partial charge on any atom is 0.133 e.